The zero-order valence-electron chi connectivity index (χ0n) is 35.8. The maximum Gasteiger partial charge on any atom is 0.352 e. The average Bonchev–Trinajstić information content (AvgIpc) is 3.76. The van der Waals surface area contributed by atoms with Gasteiger partial charge in [-0.2, -0.15) is 0 Å². The van der Waals surface area contributed by atoms with Crippen LogP contribution in [0.2, 0.25) is 10.0 Å². The Morgan fingerprint density at radius 3 is 2.26 bits per heavy atom. The number of anilines is 1. The molecule has 0 saturated carbocycles. The maximum atomic E-state index is 15.7. The molecule has 5 heterocycles. The van der Waals surface area contributed by atoms with Gasteiger partial charge < -0.3 is 33.4 Å². The first-order valence-electron chi connectivity index (χ1n) is 20.6. The first-order valence-corrected chi connectivity index (χ1v) is 21.3. The number of aryl methyl sites for hydroxylation is 6. The predicted molar refractivity (Wildman–Crippen MR) is 243 cm³/mol. The number of ether oxygens (including phenoxy) is 3. The van der Waals surface area contributed by atoms with Crippen LogP contribution < -0.4 is 14.4 Å². The number of nitrogens with zero attached hydrogens (tertiary/aromatic N) is 6. The molecule has 0 fully saturated rings. The van der Waals surface area contributed by atoms with Gasteiger partial charge in [0.05, 0.1) is 47.2 Å². The SMILES string of the molecule is COCCOc1cc(N2C[C@@H](C)n3c(c(CCCOc4cc(C)c(Cl)c(C)c4)c4ccc(Cl)c(-c5c(C)ncnc5C)c43)C2=O)c2c(c1)cc(C(=O)O)n2Cc1cc(C)ccn1. The van der Waals surface area contributed by atoms with E-state index >= 15 is 4.79 Å². The molecule has 4 aromatic heterocycles. The van der Waals surface area contributed by atoms with Crippen molar-refractivity contribution in [3.63, 3.8) is 0 Å². The lowest BCUT2D eigenvalue weighted by atomic mass is 9.97. The second-order valence-corrected chi connectivity index (χ2v) is 16.8. The van der Waals surface area contributed by atoms with E-state index in [-0.39, 0.29) is 37.3 Å². The average molecular weight is 876 g/mol. The minimum Gasteiger partial charge on any atom is -0.494 e. The third-order valence-corrected chi connectivity index (χ3v) is 12.5. The first-order chi connectivity index (χ1) is 29.8. The van der Waals surface area contributed by atoms with Gasteiger partial charge in [-0.1, -0.05) is 29.3 Å². The molecule has 7 aromatic rings. The standard InChI is InChI=1S/C48H48Cl2N6O6/c1-26-12-13-51-33(17-26)24-54-40(48(58)59)21-32-20-35(62-16-15-60-7)22-39(44(32)54)55-23-29(4)56-45-37(10-11-38(49)42(45)41-30(5)52-25-53-31(41)6)36(46(56)47(55)57)9-8-14-61-34-18-27(2)43(50)28(3)19-34/h10-13,17-22,25,29H,8-9,14-16,23-24H2,1-7H3,(H,58,59)/t29-/m1/s1. The highest BCUT2D eigenvalue weighted by atomic mass is 35.5. The van der Waals surface area contributed by atoms with Crippen molar-refractivity contribution in [2.75, 3.05) is 38.4 Å². The third-order valence-electron chi connectivity index (χ3n) is 11.6. The lowest BCUT2D eigenvalue weighted by Crippen LogP contribution is -2.43. The zero-order chi connectivity index (χ0) is 44.0. The van der Waals surface area contributed by atoms with Crippen LogP contribution in [0.1, 0.15) is 79.7 Å². The number of fused-ring (bicyclic) bond motifs is 4. The number of carboxylic acid groups (broad SMARTS) is 1. The molecule has 320 valence electrons. The van der Waals surface area contributed by atoms with Crippen LogP contribution in [0.15, 0.2) is 67.1 Å². The normalized spacial score (nSPS) is 13.9. The van der Waals surface area contributed by atoms with Gasteiger partial charge in [0, 0.05) is 70.3 Å². The van der Waals surface area contributed by atoms with E-state index in [4.69, 9.17) is 37.4 Å². The Morgan fingerprint density at radius 1 is 0.855 bits per heavy atom. The van der Waals surface area contributed by atoms with Crippen molar-refractivity contribution >= 4 is 62.6 Å². The number of pyridine rings is 1. The maximum absolute atomic E-state index is 15.7. The van der Waals surface area contributed by atoms with E-state index in [9.17, 15) is 9.90 Å². The number of carbonyl (C=O) groups excluding carboxylic acids is 1. The Kier molecular flexibility index (Phi) is 12.0. The fourth-order valence-corrected chi connectivity index (χ4v) is 9.20. The van der Waals surface area contributed by atoms with Gasteiger partial charge in [-0.25, -0.2) is 14.8 Å². The van der Waals surface area contributed by atoms with Crippen LogP contribution in [0.4, 0.5) is 5.69 Å². The number of carbonyl (C=O) groups is 2. The lowest BCUT2D eigenvalue weighted by Gasteiger charge is -2.35. The van der Waals surface area contributed by atoms with Gasteiger partial charge in [-0.05, 0) is 119 Å². The fourth-order valence-electron chi connectivity index (χ4n) is 8.84. The number of hydrogen-bond acceptors (Lipinski definition) is 8. The van der Waals surface area contributed by atoms with Gasteiger partial charge in [-0.3, -0.25) is 9.78 Å². The van der Waals surface area contributed by atoms with Crippen molar-refractivity contribution in [3.8, 4) is 22.6 Å². The molecular weight excluding hydrogens is 827 g/mol. The Balaban J connectivity index is 1.31. The second kappa shape index (κ2) is 17.4. The van der Waals surface area contributed by atoms with E-state index < -0.39 is 5.97 Å². The van der Waals surface area contributed by atoms with Crippen molar-refractivity contribution in [3.05, 3.63) is 128 Å². The number of aromatic carboxylic acids is 1. The van der Waals surface area contributed by atoms with Gasteiger partial charge >= 0.3 is 5.97 Å². The topological polar surface area (TPSA) is 134 Å². The van der Waals surface area contributed by atoms with Crippen molar-refractivity contribution in [1.82, 2.24) is 24.1 Å². The number of methoxy groups -OCH3 is 1. The highest BCUT2D eigenvalue weighted by molar-refractivity contribution is 6.35. The summed E-state index contributed by atoms with van der Waals surface area (Å²) in [6, 6.07) is 16.6. The Bertz CT molecular complexity index is 2860. The molecule has 1 N–H and O–H groups in total. The molecule has 1 amide bonds. The van der Waals surface area contributed by atoms with Crippen molar-refractivity contribution in [2.24, 2.45) is 0 Å². The van der Waals surface area contributed by atoms with Crippen molar-refractivity contribution < 1.29 is 28.9 Å². The number of halogens is 2. The molecule has 12 nitrogen and oxygen atoms in total. The summed E-state index contributed by atoms with van der Waals surface area (Å²) in [5, 5.41) is 13.3. The van der Waals surface area contributed by atoms with Crippen LogP contribution in [-0.4, -0.2) is 74.5 Å². The minimum atomic E-state index is -1.10. The molecule has 3 aromatic carbocycles. The van der Waals surface area contributed by atoms with Gasteiger partial charge in [-0.15, -0.1) is 0 Å². The van der Waals surface area contributed by atoms with Gasteiger partial charge in [0.1, 0.15) is 35.8 Å². The first kappa shape index (κ1) is 42.7. The molecule has 0 unspecified atom stereocenters. The van der Waals surface area contributed by atoms with E-state index in [2.05, 4.69) is 26.4 Å². The number of aromatic nitrogens is 5. The number of benzene rings is 3. The van der Waals surface area contributed by atoms with Crippen LogP contribution in [-0.2, 0) is 17.7 Å². The van der Waals surface area contributed by atoms with Gasteiger partial charge in [0.15, 0.2) is 0 Å². The fraction of sp³-hybridized carbons (Fsp3) is 0.312. The van der Waals surface area contributed by atoms with Crippen molar-refractivity contribution in [1.29, 1.82) is 0 Å². The summed E-state index contributed by atoms with van der Waals surface area (Å²) in [5.74, 6) is -0.136. The summed E-state index contributed by atoms with van der Waals surface area (Å²) >= 11 is 13.6. The zero-order valence-corrected chi connectivity index (χ0v) is 37.3. The summed E-state index contributed by atoms with van der Waals surface area (Å²) in [6.45, 7) is 13.3. The molecule has 0 spiro atoms. The third kappa shape index (κ3) is 7.87. The molecule has 8 rings (SSSR count). The largest absolute Gasteiger partial charge is 0.494 e. The van der Waals surface area contributed by atoms with Crippen LogP contribution >= 0.6 is 23.2 Å². The van der Waals surface area contributed by atoms with Crippen LogP contribution in [0.25, 0.3) is 32.9 Å². The summed E-state index contributed by atoms with van der Waals surface area (Å²) in [4.78, 5) is 44.0. The molecule has 0 saturated heterocycles. The second-order valence-electron chi connectivity index (χ2n) is 16.0. The Morgan fingerprint density at radius 2 is 1.56 bits per heavy atom. The van der Waals surface area contributed by atoms with E-state index in [1.54, 1.807) is 35.2 Å². The van der Waals surface area contributed by atoms with Gasteiger partial charge in [0.25, 0.3) is 5.91 Å². The number of rotatable bonds is 14. The Hall–Kier alpha value is -5.95. The molecule has 1 aliphatic rings. The van der Waals surface area contributed by atoms with Crippen LogP contribution in [0.5, 0.6) is 11.5 Å². The van der Waals surface area contributed by atoms with E-state index in [0.29, 0.717) is 69.8 Å². The number of carboxylic acids is 1. The molecule has 0 radical (unpaired) electrons. The molecular formula is C48H48Cl2N6O6. The summed E-state index contributed by atoms with van der Waals surface area (Å²) in [6.07, 6.45) is 4.36. The monoisotopic (exact) mass is 874 g/mol. The van der Waals surface area contributed by atoms with E-state index in [1.165, 1.54) is 0 Å². The molecule has 14 heteroatoms. The molecule has 1 atom stereocenters. The summed E-state index contributed by atoms with van der Waals surface area (Å²) < 4.78 is 21.6. The molecule has 0 bridgehead atoms. The van der Waals surface area contributed by atoms with Crippen LogP contribution in [0, 0.1) is 34.6 Å². The minimum absolute atomic E-state index is 0.0621. The lowest BCUT2D eigenvalue weighted by molar-refractivity contribution is 0.0686. The highest BCUT2D eigenvalue weighted by Gasteiger charge is 2.38. The number of hydrogen-bond donors (Lipinski definition) is 1. The molecule has 62 heavy (non-hydrogen) atoms. The molecule has 1 aliphatic heterocycles. The summed E-state index contributed by atoms with van der Waals surface area (Å²) in [7, 11) is 1.60. The summed E-state index contributed by atoms with van der Waals surface area (Å²) in [5.41, 5.74) is 10.0. The van der Waals surface area contributed by atoms with Crippen LogP contribution in [0.3, 0.4) is 0 Å². The number of amides is 1. The highest BCUT2D eigenvalue weighted by Crippen LogP contribution is 2.46. The van der Waals surface area contributed by atoms with E-state index in [0.717, 1.165) is 61.4 Å². The van der Waals surface area contributed by atoms with Crippen molar-refractivity contribution in [2.45, 2.75) is 67.0 Å². The predicted octanol–water partition coefficient (Wildman–Crippen LogP) is 10.3. The quantitative estimate of drug-likeness (QED) is 0.106. The smallest absolute Gasteiger partial charge is 0.352 e. The van der Waals surface area contributed by atoms with Gasteiger partial charge in [0.2, 0.25) is 0 Å². The molecule has 0 aliphatic carbocycles. The Labute approximate surface area is 370 Å². The van der Waals surface area contributed by atoms with E-state index in [1.807, 2.05) is 83.1 Å².